The van der Waals surface area contributed by atoms with Crippen molar-refractivity contribution in [1.82, 2.24) is 19.7 Å². The first-order valence-corrected chi connectivity index (χ1v) is 10.3. The zero-order valence-electron chi connectivity index (χ0n) is 17.2. The summed E-state index contributed by atoms with van der Waals surface area (Å²) in [5.41, 5.74) is 9.79. The molecule has 0 aliphatic heterocycles. The second-order valence-electron chi connectivity index (χ2n) is 7.44. The predicted molar refractivity (Wildman–Crippen MR) is 124 cm³/mol. The van der Waals surface area contributed by atoms with Gasteiger partial charge in [-0.25, -0.2) is 14.1 Å². The highest BCUT2D eigenvalue weighted by Gasteiger charge is 2.20. The Balaban J connectivity index is 1.61. The standard InChI is InChI=1S/C25H21FN6/c26-20-14-8-7-13-19(20)22-21-23(27)32(16-18-11-5-2-6-12-18)31-24(21)30-25(29-22)28-15-17-9-3-1-4-10-17/h1-14H,15-16,27H2,(H,28,30,31). The molecular formula is C25H21FN6. The average Bonchev–Trinajstić information content (AvgIpc) is 3.14. The zero-order chi connectivity index (χ0) is 21.9. The maximum Gasteiger partial charge on any atom is 0.225 e. The fourth-order valence-electron chi connectivity index (χ4n) is 3.64. The van der Waals surface area contributed by atoms with E-state index in [9.17, 15) is 4.39 Å². The van der Waals surface area contributed by atoms with E-state index in [0.717, 1.165) is 11.1 Å². The van der Waals surface area contributed by atoms with Crippen molar-refractivity contribution < 1.29 is 4.39 Å². The number of halogens is 1. The van der Waals surface area contributed by atoms with Crippen LogP contribution in [0.4, 0.5) is 16.2 Å². The summed E-state index contributed by atoms with van der Waals surface area (Å²) in [6.07, 6.45) is 0. The maximum absolute atomic E-state index is 14.7. The van der Waals surface area contributed by atoms with Crippen molar-refractivity contribution in [3.63, 3.8) is 0 Å². The number of hydrogen-bond acceptors (Lipinski definition) is 5. The molecule has 0 aliphatic carbocycles. The molecule has 0 saturated heterocycles. The molecule has 7 heteroatoms. The molecule has 0 radical (unpaired) electrons. The highest BCUT2D eigenvalue weighted by atomic mass is 19.1. The van der Waals surface area contributed by atoms with Crippen LogP contribution < -0.4 is 11.1 Å². The molecule has 2 aromatic heterocycles. The van der Waals surface area contributed by atoms with Crippen molar-refractivity contribution in [3.8, 4) is 11.3 Å². The van der Waals surface area contributed by atoms with Crippen molar-refractivity contribution >= 4 is 22.8 Å². The summed E-state index contributed by atoms with van der Waals surface area (Å²) in [5.74, 6) is 0.386. The number of nitrogens with one attached hydrogen (secondary N) is 1. The Morgan fingerprint density at radius 1 is 0.812 bits per heavy atom. The number of fused-ring (bicyclic) bond motifs is 1. The van der Waals surface area contributed by atoms with Crippen LogP contribution in [0, 0.1) is 5.82 Å². The van der Waals surface area contributed by atoms with Crippen LogP contribution in [0.3, 0.4) is 0 Å². The lowest BCUT2D eigenvalue weighted by molar-refractivity contribution is 0.631. The van der Waals surface area contributed by atoms with Crippen LogP contribution >= 0.6 is 0 Å². The monoisotopic (exact) mass is 424 g/mol. The van der Waals surface area contributed by atoms with Crippen molar-refractivity contribution in [2.24, 2.45) is 0 Å². The first kappa shape index (κ1) is 19.7. The third-order valence-corrected chi connectivity index (χ3v) is 5.24. The molecule has 0 fully saturated rings. The Morgan fingerprint density at radius 2 is 1.47 bits per heavy atom. The van der Waals surface area contributed by atoms with E-state index in [0.29, 0.717) is 47.1 Å². The fourth-order valence-corrected chi connectivity index (χ4v) is 3.64. The lowest BCUT2D eigenvalue weighted by atomic mass is 10.1. The maximum atomic E-state index is 14.7. The Hall–Kier alpha value is -4.26. The Bertz CT molecular complexity index is 1370. The molecule has 0 aliphatic rings. The number of hydrogen-bond donors (Lipinski definition) is 2. The van der Waals surface area contributed by atoms with E-state index >= 15 is 0 Å². The van der Waals surface area contributed by atoms with Gasteiger partial charge in [0.1, 0.15) is 11.6 Å². The third-order valence-electron chi connectivity index (χ3n) is 5.24. The Kier molecular flexibility index (Phi) is 5.21. The van der Waals surface area contributed by atoms with Gasteiger partial charge in [-0.2, -0.15) is 4.98 Å². The lowest BCUT2D eigenvalue weighted by Crippen LogP contribution is -2.06. The van der Waals surface area contributed by atoms with Crippen LogP contribution in [0.25, 0.3) is 22.3 Å². The van der Waals surface area contributed by atoms with Crippen molar-refractivity contribution in [2.45, 2.75) is 13.1 Å². The van der Waals surface area contributed by atoms with Gasteiger partial charge < -0.3 is 11.1 Å². The number of aromatic nitrogens is 4. The summed E-state index contributed by atoms with van der Waals surface area (Å²) in [4.78, 5) is 9.21. The minimum atomic E-state index is -0.378. The topological polar surface area (TPSA) is 81.7 Å². The number of nitrogens with zero attached hydrogens (tertiary/aromatic N) is 4. The first-order valence-electron chi connectivity index (χ1n) is 10.3. The van der Waals surface area contributed by atoms with Gasteiger partial charge in [0, 0.05) is 12.1 Å². The van der Waals surface area contributed by atoms with Gasteiger partial charge >= 0.3 is 0 Å². The lowest BCUT2D eigenvalue weighted by Gasteiger charge is -2.09. The smallest absolute Gasteiger partial charge is 0.225 e. The van der Waals surface area contributed by atoms with Crippen molar-refractivity contribution in [2.75, 3.05) is 11.1 Å². The molecule has 0 atom stereocenters. The summed E-state index contributed by atoms with van der Waals surface area (Å²) in [6.45, 7) is 1.01. The highest BCUT2D eigenvalue weighted by Crippen LogP contribution is 2.33. The van der Waals surface area contributed by atoms with E-state index in [1.807, 2.05) is 60.7 Å². The number of nitrogens with two attached hydrogens (primary N) is 1. The summed E-state index contributed by atoms with van der Waals surface area (Å²) < 4.78 is 16.4. The molecule has 0 amide bonds. The molecule has 6 nitrogen and oxygen atoms in total. The number of anilines is 2. The second kappa shape index (κ2) is 8.47. The molecule has 0 unspecified atom stereocenters. The molecule has 0 saturated carbocycles. The van der Waals surface area contributed by atoms with Gasteiger partial charge in [-0.05, 0) is 23.3 Å². The average molecular weight is 424 g/mol. The fraction of sp³-hybridized carbons (Fsp3) is 0.0800. The second-order valence-corrected chi connectivity index (χ2v) is 7.44. The summed E-state index contributed by atoms with van der Waals surface area (Å²) in [6, 6.07) is 26.3. The van der Waals surface area contributed by atoms with Gasteiger partial charge in [0.25, 0.3) is 0 Å². The minimum absolute atomic E-state index is 0.355. The Morgan fingerprint density at radius 3 is 2.19 bits per heavy atom. The number of nitrogen functional groups attached to an aromatic ring is 1. The van der Waals surface area contributed by atoms with E-state index in [2.05, 4.69) is 20.4 Å². The predicted octanol–water partition coefficient (Wildman–Crippen LogP) is 4.88. The molecule has 0 bridgehead atoms. The molecule has 158 valence electrons. The largest absolute Gasteiger partial charge is 0.383 e. The molecule has 3 aromatic carbocycles. The Labute approximate surface area is 184 Å². The number of benzene rings is 3. The van der Waals surface area contributed by atoms with Crippen molar-refractivity contribution in [3.05, 3.63) is 102 Å². The SMILES string of the molecule is Nc1c2c(-c3ccccc3F)nc(NCc3ccccc3)nc2nn1Cc1ccccc1. The van der Waals surface area contributed by atoms with Gasteiger partial charge in [0.2, 0.25) is 5.95 Å². The van der Waals surface area contributed by atoms with Gasteiger partial charge in [-0.15, -0.1) is 5.10 Å². The molecule has 5 aromatic rings. The quantitative estimate of drug-likeness (QED) is 0.406. The van der Waals surface area contributed by atoms with Crippen LogP contribution in [0.2, 0.25) is 0 Å². The third kappa shape index (κ3) is 3.88. The summed E-state index contributed by atoms with van der Waals surface area (Å²) in [5, 5.41) is 8.38. The van der Waals surface area contributed by atoms with Crippen LogP contribution in [0.5, 0.6) is 0 Å². The van der Waals surface area contributed by atoms with Gasteiger partial charge in [-0.1, -0.05) is 72.8 Å². The molecule has 3 N–H and O–H groups in total. The van der Waals surface area contributed by atoms with Gasteiger partial charge in [0.05, 0.1) is 17.6 Å². The van der Waals surface area contributed by atoms with Gasteiger partial charge in [0.15, 0.2) is 5.65 Å². The molecule has 32 heavy (non-hydrogen) atoms. The summed E-state index contributed by atoms with van der Waals surface area (Å²) in [7, 11) is 0. The first-order chi connectivity index (χ1) is 15.7. The van der Waals surface area contributed by atoms with Crippen LogP contribution in [0.15, 0.2) is 84.9 Å². The van der Waals surface area contributed by atoms with E-state index < -0.39 is 0 Å². The van der Waals surface area contributed by atoms with Crippen molar-refractivity contribution in [1.29, 1.82) is 0 Å². The number of rotatable bonds is 6. The van der Waals surface area contributed by atoms with Crippen LogP contribution in [-0.2, 0) is 13.1 Å². The molecule has 5 rings (SSSR count). The van der Waals surface area contributed by atoms with E-state index in [-0.39, 0.29) is 5.82 Å². The molecule has 2 heterocycles. The van der Waals surface area contributed by atoms with Crippen LogP contribution in [0.1, 0.15) is 11.1 Å². The summed E-state index contributed by atoms with van der Waals surface area (Å²) >= 11 is 0. The van der Waals surface area contributed by atoms with E-state index in [4.69, 9.17) is 5.73 Å². The van der Waals surface area contributed by atoms with E-state index in [1.165, 1.54) is 6.07 Å². The highest BCUT2D eigenvalue weighted by molar-refractivity contribution is 5.99. The minimum Gasteiger partial charge on any atom is -0.383 e. The zero-order valence-corrected chi connectivity index (χ0v) is 17.2. The molecule has 0 spiro atoms. The van der Waals surface area contributed by atoms with E-state index in [1.54, 1.807) is 22.9 Å². The van der Waals surface area contributed by atoms with Gasteiger partial charge in [-0.3, -0.25) is 0 Å². The normalized spacial score (nSPS) is 11.0. The van der Waals surface area contributed by atoms with Crippen LogP contribution in [-0.4, -0.2) is 19.7 Å². The molecular weight excluding hydrogens is 403 g/mol.